The van der Waals surface area contributed by atoms with E-state index in [1.807, 2.05) is 13.8 Å². The highest BCUT2D eigenvalue weighted by molar-refractivity contribution is 5.84. The molecular formula is C14H23N3O4. The second-order valence-corrected chi connectivity index (χ2v) is 5.18. The van der Waals surface area contributed by atoms with Crippen molar-refractivity contribution in [3.8, 4) is 5.75 Å². The summed E-state index contributed by atoms with van der Waals surface area (Å²) in [5.41, 5.74) is 1.51. The van der Waals surface area contributed by atoms with Crippen LogP contribution in [-0.4, -0.2) is 39.4 Å². The third kappa shape index (κ3) is 4.21. The number of hydrogen-bond acceptors (Lipinski definition) is 4. The zero-order valence-electron chi connectivity index (χ0n) is 13.1. The molecular weight excluding hydrogens is 274 g/mol. The summed E-state index contributed by atoms with van der Waals surface area (Å²) in [6, 6.07) is -0.901. The van der Waals surface area contributed by atoms with Crippen LogP contribution < -0.4 is 10.1 Å². The molecule has 0 bridgehead atoms. The highest BCUT2D eigenvalue weighted by atomic mass is 16.5. The van der Waals surface area contributed by atoms with E-state index >= 15 is 0 Å². The van der Waals surface area contributed by atoms with Crippen LogP contribution in [-0.2, 0) is 16.6 Å². The molecule has 2 atom stereocenters. The van der Waals surface area contributed by atoms with E-state index in [9.17, 15) is 9.59 Å². The summed E-state index contributed by atoms with van der Waals surface area (Å²) >= 11 is 0. The van der Waals surface area contributed by atoms with Crippen LogP contribution in [0, 0.1) is 19.8 Å². The molecule has 0 aliphatic carbocycles. The highest BCUT2D eigenvalue weighted by Crippen LogP contribution is 2.21. The van der Waals surface area contributed by atoms with Gasteiger partial charge in [0.25, 0.3) is 5.91 Å². The first-order valence-corrected chi connectivity index (χ1v) is 6.93. The van der Waals surface area contributed by atoms with Crippen molar-refractivity contribution >= 4 is 11.9 Å². The Morgan fingerprint density at radius 2 is 2.05 bits per heavy atom. The van der Waals surface area contributed by atoms with Gasteiger partial charge in [0.05, 0.1) is 5.69 Å². The van der Waals surface area contributed by atoms with Crippen LogP contribution in [0.5, 0.6) is 5.75 Å². The summed E-state index contributed by atoms with van der Waals surface area (Å²) in [7, 11) is 1.79. The van der Waals surface area contributed by atoms with Crippen LogP contribution in [0.15, 0.2) is 0 Å². The highest BCUT2D eigenvalue weighted by Gasteiger charge is 2.25. The molecule has 1 amide bonds. The number of aryl methyl sites for hydroxylation is 2. The van der Waals surface area contributed by atoms with E-state index in [0.29, 0.717) is 17.9 Å². The largest absolute Gasteiger partial charge is 0.480 e. The van der Waals surface area contributed by atoms with Gasteiger partial charge in [-0.2, -0.15) is 5.10 Å². The van der Waals surface area contributed by atoms with Gasteiger partial charge in [-0.3, -0.25) is 9.48 Å². The lowest BCUT2D eigenvalue weighted by Gasteiger charge is -2.20. The summed E-state index contributed by atoms with van der Waals surface area (Å²) in [4.78, 5) is 23.0. The van der Waals surface area contributed by atoms with Crippen LogP contribution in [0.1, 0.15) is 31.7 Å². The summed E-state index contributed by atoms with van der Waals surface area (Å²) in [6.07, 6.45) is 0.666. The van der Waals surface area contributed by atoms with E-state index in [-0.39, 0.29) is 12.5 Å². The Kier molecular flexibility index (Phi) is 5.75. The minimum Gasteiger partial charge on any atom is -0.480 e. The molecule has 0 saturated carbocycles. The lowest BCUT2D eigenvalue weighted by Crippen LogP contribution is -2.46. The first-order valence-electron chi connectivity index (χ1n) is 6.93. The van der Waals surface area contributed by atoms with E-state index in [2.05, 4.69) is 10.4 Å². The quantitative estimate of drug-likeness (QED) is 0.784. The van der Waals surface area contributed by atoms with E-state index < -0.39 is 17.9 Å². The van der Waals surface area contributed by atoms with Crippen molar-refractivity contribution < 1.29 is 19.4 Å². The average molecular weight is 297 g/mol. The van der Waals surface area contributed by atoms with Gasteiger partial charge >= 0.3 is 5.97 Å². The summed E-state index contributed by atoms with van der Waals surface area (Å²) in [5.74, 6) is -1.08. The van der Waals surface area contributed by atoms with Crippen molar-refractivity contribution in [2.45, 2.75) is 40.2 Å². The Morgan fingerprint density at radius 3 is 2.48 bits per heavy atom. The number of ether oxygens (including phenoxy) is 1. The van der Waals surface area contributed by atoms with Crippen LogP contribution in [0.4, 0.5) is 0 Å². The molecule has 0 aliphatic rings. The van der Waals surface area contributed by atoms with E-state index in [4.69, 9.17) is 9.84 Å². The molecule has 2 unspecified atom stereocenters. The second-order valence-electron chi connectivity index (χ2n) is 5.18. The lowest BCUT2D eigenvalue weighted by molar-refractivity contribution is -0.143. The number of hydrogen-bond donors (Lipinski definition) is 2. The maximum absolute atomic E-state index is 11.9. The molecule has 1 rings (SSSR count). The Labute approximate surface area is 124 Å². The summed E-state index contributed by atoms with van der Waals surface area (Å²) in [6.45, 7) is 7.07. The number of nitrogens with one attached hydrogen (secondary N) is 1. The molecule has 0 spiro atoms. The second kappa shape index (κ2) is 7.10. The molecule has 0 fully saturated rings. The van der Waals surface area contributed by atoms with Gasteiger partial charge in [0, 0.05) is 7.05 Å². The number of nitrogens with zero attached hydrogens (tertiary/aromatic N) is 2. The predicted octanol–water partition coefficient (Wildman–Crippen LogP) is 1.03. The van der Waals surface area contributed by atoms with Crippen LogP contribution >= 0.6 is 0 Å². The molecule has 0 radical (unpaired) electrons. The monoisotopic (exact) mass is 297 g/mol. The van der Waals surface area contributed by atoms with Gasteiger partial charge in [0.1, 0.15) is 11.7 Å². The Bertz CT molecular complexity index is 525. The third-order valence-electron chi connectivity index (χ3n) is 3.59. The molecule has 1 heterocycles. The molecule has 7 nitrogen and oxygen atoms in total. The number of carbonyl (C=O) groups is 2. The molecule has 21 heavy (non-hydrogen) atoms. The zero-order chi connectivity index (χ0) is 16.2. The Morgan fingerprint density at radius 1 is 1.43 bits per heavy atom. The maximum atomic E-state index is 11.9. The molecule has 0 aliphatic heterocycles. The van der Waals surface area contributed by atoms with Crippen molar-refractivity contribution in [2.24, 2.45) is 13.0 Å². The Hall–Kier alpha value is -2.05. The fraction of sp³-hybridized carbons (Fsp3) is 0.643. The molecule has 1 aromatic rings. The molecule has 2 N–H and O–H groups in total. The van der Waals surface area contributed by atoms with E-state index in [1.54, 1.807) is 25.6 Å². The van der Waals surface area contributed by atoms with Crippen molar-refractivity contribution in [2.75, 3.05) is 6.61 Å². The summed E-state index contributed by atoms with van der Waals surface area (Å²) in [5, 5.41) is 15.8. The Balaban J connectivity index is 2.63. The van der Waals surface area contributed by atoms with Gasteiger partial charge in [-0.15, -0.1) is 0 Å². The van der Waals surface area contributed by atoms with Crippen LogP contribution in [0.3, 0.4) is 0 Å². The van der Waals surface area contributed by atoms with Gasteiger partial charge in [-0.05, 0) is 19.8 Å². The first kappa shape index (κ1) is 17.0. The maximum Gasteiger partial charge on any atom is 0.326 e. The number of carboxylic acids is 1. The molecule has 0 saturated heterocycles. The smallest absolute Gasteiger partial charge is 0.326 e. The fourth-order valence-electron chi connectivity index (χ4n) is 2.00. The van der Waals surface area contributed by atoms with E-state index in [0.717, 1.165) is 5.69 Å². The average Bonchev–Trinajstić information content (AvgIpc) is 2.66. The number of aromatic nitrogens is 2. The van der Waals surface area contributed by atoms with Crippen LogP contribution in [0.25, 0.3) is 0 Å². The third-order valence-corrected chi connectivity index (χ3v) is 3.59. The number of aliphatic carboxylic acids is 1. The van der Waals surface area contributed by atoms with Crippen molar-refractivity contribution in [1.82, 2.24) is 15.1 Å². The number of carboxylic acid groups (broad SMARTS) is 1. The summed E-state index contributed by atoms with van der Waals surface area (Å²) < 4.78 is 7.12. The minimum absolute atomic E-state index is 0.145. The van der Waals surface area contributed by atoms with Gasteiger partial charge < -0.3 is 15.2 Å². The predicted molar refractivity (Wildman–Crippen MR) is 77.2 cm³/mol. The van der Waals surface area contributed by atoms with Gasteiger partial charge in [0.2, 0.25) is 0 Å². The lowest BCUT2D eigenvalue weighted by atomic mass is 9.99. The van der Waals surface area contributed by atoms with Gasteiger partial charge in [-0.25, -0.2) is 4.79 Å². The minimum atomic E-state index is -1.04. The molecule has 118 valence electrons. The SMILES string of the molecule is CCC(C)C(NC(=O)COc1c(C)nn(C)c1C)C(=O)O. The van der Waals surface area contributed by atoms with Gasteiger partial charge in [-0.1, -0.05) is 20.3 Å². The van der Waals surface area contributed by atoms with Gasteiger partial charge in [0.15, 0.2) is 12.4 Å². The zero-order valence-corrected chi connectivity index (χ0v) is 13.1. The normalized spacial score (nSPS) is 13.6. The molecule has 1 aromatic heterocycles. The van der Waals surface area contributed by atoms with Crippen LogP contribution in [0.2, 0.25) is 0 Å². The molecule has 0 aromatic carbocycles. The number of carbonyl (C=O) groups excluding carboxylic acids is 1. The van der Waals surface area contributed by atoms with Crippen molar-refractivity contribution in [3.63, 3.8) is 0 Å². The standard InChI is InChI=1S/C14H23N3O4/c1-6-8(2)12(14(19)20)15-11(18)7-21-13-9(3)16-17(5)10(13)4/h8,12H,6-7H2,1-5H3,(H,15,18)(H,19,20). The molecule has 7 heteroatoms. The van der Waals surface area contributed by atoms with E-state index in [1.165, 1.54) is 0 Å². The van der Waals surface area contributed by atoms with Crippen molar-refractivity contribution in [3.05, 3.63) is 11.4 Å². The fourth-order valence-corrected chi connectivity index (χ4v) is 2.00. The number of rotatable bonds is 7. The first-order chi connectivity index (χ1) is 9.77. The number of amides is 1. The topological polar surface area (TPSA) is 93.5 Å². The van der Waals surface area contributed by atoms with Crippen molar-refractivity contribution in [1.29, 1.82) is 0 Å².